The summed E-state index contributed by atoms with van der Waals surface area (Å²) in [6, 6.07) is 2.61. The third-order valence-corrected chi connectivity index (χ3v) is 3.99. The van der Waals surface area contributed by atoms with Crippen LogP contribution in [0.1, 0.15) is 30.9 Å². The van der Waals surface area contributed by atoms with Gasteiger partial charge in [-0.1, -0.05) is 18.0 Å². The molecule has 1 aliphatic rings. The molecule has 1 unspecified atom stereocenters. The molecule has 2 rings (SSSR count). The van der Waals surface area contributed by atoms with Gasteiger partial charge in [0.2, 0.25) is 0 Å². The minimum absolute atomic E-state index is 0.525. The quantitative estimate of drug-likeness (QED) is 0.815. The van der Waals surface area contributed by atoms with E-state index >= 15 is 0 Å². The van der Waals surface area contributed by atoms with Crippen molar-refractivity contribution in [2.24, 2.45) is 5.92 Å². The van der Waals surface area contributed by atoms with Crippen molar-refractivity contribution in [2.75, 3.05) is 7.05 Å². The first kappa shape index (κ1) is 9.50. The third kappa shape index (κ3) is 1.90. The molecule has 0 aliphatic heterocycles. The van der Waals surface area contributed by atoms with Gasteiger partial charge in [-0.3, -0.25) is 0 Å². The van der Waals surface area contributed by atoms with Crippen LogP contribution in [0.4, 0.5) is 0 Å². The summed E-state index contributed by atoms with van der Waals surface area (Å²) in [5.74, 6) is 0.829. The van der Waals surface area contributed by atoms with Crippen LogP contribution in [0.2, 0.25) is 4.34 Å². The maximum Gasteiger partial charge on any atom is 0.0931 e. The van der Waals surface area contributed by atoms with E-state index in [9.17, 15) is 0 Å². The maximum atomic E-state index is 5.92. The smallest absolute Gasteiger partial charge is 0.0931 e. The summed E-state index contributed by atoms with van der Waals surface area (Å²) < 4.78 is 0.898. The first-order valence-corrected chi connectivity index (χ1v) is 5.98. The Labute approximate surface area is 88.1 Å². The van der Waals surface area contributed by atoms with Crippen LogP contribution in [0.5, 0.6) is 0 Å². The highest BCUT2D eigenvalue weighted by Crippen LogP contribution is 2.39. The average Bonchev–Trinajstić information content (AvgIpc) is 2.43. The summed E-state index contributed by atoms with van der Waals surface area (Å²) in [5.41, 5.74) is 1.36. The van der Waals surface area contributed by atoms with Crippen LogP contribution in [0.15, 0.2) is 11.4 Å². The van der Waals surface area contributed by atoms with Crippen LogP contribution in [0.25, 0.3) is 0 Å². The highest BCUT2D eigenvalue weighted by molar-refractivity contribution is 7.14. The number of thiophene rings is 1. The molecule has 0 aromatic carbocycles. The zero-order chi connectivity index (χ0) is 9.26. The number of hydrogen-bond acceptors (Lipinski definition) is 2. The van der Waals surface area contributed by atoms with E-state index in [1.54, 1.807) is 11.3 Å². The molecule has 0 bridgehead atoms. The second-order valence-corrected chi connectivity index (χ2v) is 5.18. The minimum Gasteiger partial charge on any atom is -0.313 e. The second kappa shape index (κ2) is 3.99. The van der Waals surface area contributed by atoms with Gasteiger partial charge in [0.05, 0.1) is 4.34 Å². The van der Waals surface area contributed by atoms with E-state index in [0.29, 0.717) is 6.04 Å². The van der Waals surface area contributed by atoms with Crippen molar-refractivity contribution in [2.45, 2.75) is 25.3 Å². The molecule has 1 atom stereocenters. The van der Waals surface area contributed by atoms with Crippen molar-refractivity contribution >= 4 is 22.9 Å². The molecule has 3 heteroatoms. The lowest BCUT2D eigenvalue weighted by Crippen LogP contribution is -2.29. The summed E-state index contributed by atoms with van der Waals surface area (Å²) in [5, 5.41) is 5.55. The van der Waals surface area contributed by atoms with E-state index in [4.69, 9.17) is 11.6 Å². The molecule has 1 N–H and O–H groups in total. The van der Waals surface area contributed by atoms with E-state index in [1.807, 2.05) is 7.05 Å². The van der Waals surface area contributed by atoms with Gasteiger partial charge in [0.1, 0.15) is 0 Å². The largest absolute Gasteiger partial charge is 0.313 e. The minimum atomic E-state index is 0.525. The molecule has 1 aromatic rings. The van der Waals surface area contributed by atoms with Gasteiger partial charge in [0.25, 0.3) is 0 Å². The normalized spacial score (nSPS) is 19.8. The van der Waals surface area contributed by atoms with Crippen molar-refractivity contribution in [3.63, 3.8) is 0 Å². The number of halogens is 1. The van der Waals surface area contributed by atoms with Gasteiger partial charge in [0, 0.05) is 6.04 Å². The third-order valence-electron chi connectivity index (χ3n) is 2.88. The summed E-state index contributed by atoms with van der Waals surface area (Å²) >= 11 is 7.54. The molecule has 1 nitrogen and oxygen atoms in total. The number of nitrogens with one attached hydrogen (secondary N) is 1. The van der Waals surface area contributed by atoms with Crippen molar-refractivity contribution in [3.05, 3.63) is 21.3 Å². The lowest BCUT2D eigenvalue weighted by molar-refractivity contribution is 0.240. The van der Waals surface area contributed by atoms with E-state index in [2.05, 4.69) is 16.8 Å². The molecule has 0 amide bonds. The van der Waals surface area contributed by atoms with E-state index in [0.717, 1.165) is 10.3 Å². The van der Waals surface area contributed by atoms with Gasteiger partial charge in [-0.25, -0.2) is 0 Å². The molecule has 1 saturated carbocycles. The first-order valence-electron chi connectivity index (χ1n) is 4.72. The predicted octanol–water partition coefficient (Wildman–Crippen LogP) is 3.46. The van der Waals surface area contributed by atoms with Crippen LogP contribution in [0, 0.1) is 5.92 Å². The van der Waals surface area contributed by atoms with E-state index < -0.39 is 0 Å². The van der Waals surface area contributed by atoms with Gasteiger partial charge in [-0.05, 0) is 42.8 Å². The number of rotatable bonds is 3. The Hall–Kier alpha value is -0.0500. The van der Waals surface area contributed by atoms with E-state index in [-0.39, 0.29) is 0 Å². The molecule has 1 fully saturated rings. The van der Waals surface area contributed by atoms with Gasteiger partial charge in [-0.2, -0.15) is 0 Å². The van der Waals surface area contributed by atoms with Crippen LogP contribution >= 0.6 is 22.9 Å². The molecule has 72 valence electrons. The monoisotopic (exact) mass is 215 g/mol. The molecular formula is C10H14ClNS. The summed E-state index contributed by atoms with van der Waals surface area (Å²) in [6.45, 7) is 0. The van der Waals surface area contributed by atoms with Gasteiger partial charge in [0.15, 0.2) is 0 Å². The van der Waals surface area contributed by atoms with Crippen molar-refractivity contribution in [1.29, 1.82) is 0 Å². The summed E-state index contributed by atoms with van der Waals surface area (Å²) in [6.07, 6.45) is 4.11. The fourth-order valence-corrected chi connectivity index (χ4v) is 2.86. The Morgan fingerprint density at radius 1 is 1.62 bits per heavy atom. The number of hydrogen-bond donors (Lipinski definition) is 1. The van der Waals surface area contributed by atoms with Crippen LogP contribution in [0.3, 0.4) is 0 Å². The Kier molecular flexibility index (Phi) is 2.92. The molecular weight excluding hydrogens is 202 g/mol. The SMILES string of the molecule is CNC(c1csc(Cl)c1)C1CCC1. The predicted molar refractivity (Wildman–Crippen MR) is 58.5 cm³/mol. The van der Waals surface area contributed by atoms with Crippen LogP contribution < -0.4 is 5.32 Å². The molecule has 0 radical (unpaired) electrons. The van der Waals surface area contributed by atoms with Gasteiger partial charge in [-0.15, -0.1) is 11.3 Å². The molecule has 1 aliphatic carbocycles. The van der Waals surface area contributed by atoms with Crippen molar-refractivity contribution in [1.82, 2.24) is 5.32 Å². The molecule has 0 saturated heterocycles. The zero-order valence-electron chi connectivity index (χ0n) is 7.72. The average molecular weight is 216 g/mol. The Morgan fingerprint density at radius 3 is 2.77 bits per heavy atom. The molecule has 0 spiro atoms. The van der Waals surface area contributed by atoms with Crippen molar-refractivity contribution in [3.8, 4) is 0 Å². The topological polar surface area (TPSA) is 12.0 Å². The molecule has 1 heterocycles. The highest BCUT2D eigenvalue weighted by atomic mass is 35.5. The Morgan fingerprint density at radius 2 is 2.38 bits per heavy atom. The van der Waals surface area contributed by atoms with Crippen LogP contribution in [-0.2, 0) is 0 Å². The maximum absolute atomic E-state index is 5.92. The Bertz CT molecular complexity index is 280. The lowest BCUT2D eigenvalue weighted by atomic mass is 9.78. The van der Waals surface area contributed by atoms with Gasteiger partial charge < -0.3 is 5.32 Å². The first-order chi connectivity index (χ1) is 6.31. The highest BCUT2D eigenvalue weighted by Gasteiger charge is 2.27. The standard InChI is InChI=1S/C10H14ClNS/c1-12-10(7-3-2-4-7)8-5-9(11)13-6-8/h5-7,10,12H,2-4H2,1H3. The summed E-state index contributed by atoms with van der Waals surface area (Å²) in [4.78, 5) is 0. The van der Waals surface area contributed by atoms with E-state index in [1.165, 1.54) is 24.8 Å². The lowest BCUT2D eigenvalue weighted by Gasteiger charge is -2.33. The molecule has 13 heavy (non-hydrogen) atoms. The van der Waals surface area contributed by atoms with Crippen molar-refractivity contribution < 1.29 is 0 Å². The fraction of sp³-hybridized carbons (Fsp3) is 0.600. The summed E-state index contributed by atoms with van der Waals surface area (Å²) in [7, 11) is 2.04. The van der Waals surface area contributed by atoms with Gasteiger partial charge >= 0.3 is 0 Å². The Balaban J connectivity index is 2.11. The second-order valence-electron chi connectivity index (χ2n) is 3.64. The van der Waals surface area contributed by atoms with Crippen LogP contribution in [-0.4, -0.2) is 7.05 Å². The fourth-order valence-electron chi connectivity index (χ4n) is 1.93. The molecule has 1 aromatic heterocycles. The zero-order valence-corrected chi connectivity index (χ0v) is 9.29.